The molecule has 1 unspecified atom stereocenters. The lowest BCUT2D eigenvalue weighted by molar-refractivity contribution is -0.0324. The fourth-order valence-corrected chi connectivity index (χ4v) is 2.13. The van der Waals surface area contributed by atoms with Gasteiger partial charge in [-0.3, -0.25) is 4.90 Å². The smallest absolute Gasteiger partial charge is 0.121 e. The molecular formula is C14H22N2O2. The summed E-state index contributed by atoms with van der Waals surface area (Å²) < 4.78 is 11.3. The van der Waals surface area contributed by atoms with Crippen molar-refractivity contribution in [2.24, 2.45) is 0 Å². The molecule has 0 aliphatic carbocycles. The Labute approximate surface area is 109 Å². The van der Waals surface area contributed by atoms with E-state index in [1.165, 1.54) is 0 Å². The molecule has 1 aliphatic rings. The molecule has 1 saturated heterocycles. The Bertz CT molecular complexity index is 371. The van der Waals surface area contributed by atoms with Crippen LogP contribution in [0.3, 0.4) is 0 Å². The van der Waals surface area contributed by atoms with Crippen LogP contribution in [0.25, 0.3) is 0 Å². The molecule has 18 heavy (non-hydrogen) atoms. The average molecular weight is 250 g/mol. The molecule has 1 aromatic carbocycles. The molecule has 0 spiro atoms. The average Bonchev–Trinajstić information content (AvgIpc) is 2.39. The number of nitrogens with zero attached hydrogens (tertiary/aromatic N) is 1. The summed E-state index contributed by atoms with van der Waals surface area (Å²) in [7, 11) is 0. The second kappa shape index (κ2) is 6.61. The van der Waals surface area contributed by atoms with E-state index in [2.05, 4.69) is 11.8 Å². The van der Waals surface area contributed by atoms with E-state index in [0.29, 0.717) is 12.7 Å². The molecule has 2 N–H and O–H groups in total. The number of hydrogen-bond acceptors (Lipinski definition) is 4. The lowest BCUT2D eigenvalue weighted by Gasteiger charge is -2.32. The first kappa shape index (κ1) is 13.2. The van der Waals surface area contributed by atoms with E-state index in [1.807, 2.05) is 24.3 Å². The van der Waals surface area contributed by atoms with Crippen molar-refractivity contribution >= 4 is 5.69 Å². The third-order valence-corrected chi connectivity index (χ3v) is 3.21. The van der Waals surface area contributed by atoms with Crippen molar-refractivity contribution < 1.29 is 9.47 Å². The van der Waals surface area contributed by atoms with Crippen LogP contribution in [-0.4, -0.2) is 43.9 Å². The lowest BCUT2D eigenvalue weighted by Crippen LogP contribution is -2.43. The molecule has 1 heterocycles. The molecule has 2 rings (SSSR count). The highest BCUT2D eigenvalue weighted by Crippen LogP contribution is 2.14. The number of hydrogen-bond donors (Lipinski definition) is 1. The van der Waals surface area contributed by atoms with Gasteiger partial charge in [-0.1, -0.05) is 13.0 Å². The Balaban J connectivity index is 1.72. The molecular weight excluding hydrogens is 228 g/mol. The first-order valence-electron chi connectivity index (χ1n) is 6.60. The number of anilines is 1. The maximum Gasteiger partial charge on any atom is 0.121 e. The molecule has 0 amide bonds. The van der Waals surface area contributed by atoms with Gasteiger partial charge in [0.25, 0.3) is 0 Å². The summed E-state index contributed by atoms with van der Waals surface area (Å²) in [4.78, 5) is 2.39. The Morgan fingerprint density at radius 1 is 1.50 bits per heavy atom. The van der Waals surface area contributed by atoms with Crippen LogP contribution in [0.2, 0.25) is 0 Å². The Hall–Kier alpha value is -1.26. The summed E-state index contributed by atoms with van der Waals surface area (Å²) in [6.45, 7) is 6.64. The van der Waals surface area contributed by atoms with Crippen LogP contribution in [0.5, 0.6) is 5.75 Å². The van der Waals surface area contributed by atoms with E-state index in [-0.39, 0.29) is 0 Å². The first-order chi connectivity index (χ1) is 8.78. The summed E-state index contributed by atoms with van der Waals surface area (Å²) in [5.41, 5.74) is 6.44. The number of morpholine rings is 1. The molecule has 4 heteroatoms. The predicted molar refractivity (Wildman–Crippen MR) is 72.8 cm³/mol. The topological polar surface area (TPSA) is 47.7 Å². The third-order valence-electron chi connectivity index (χ3n) is 3.21. The normalized spacial score (nSPS) is 20.8. The zero-order chi connectivity index (χ0) is 12.8. The maximum absolute atomic E-state index is 5.70. The van der Waals surface area contributed by atoms with Crippen LogP contribution in [0.15, 0.2) is 24.3 Å². The van der Waals surface area contributed by atoms with Gasteiger partial charge in [0.1, 0.15) is 12.4 Å². The van der Waals surface area contributed by atoms with Crippen LogP contribution in [-0.2, 0) is 4.74 Å². The van der Waals surface area contributed by atoms with Gasteiger partial charge in [-0.05, 0) is 18.6 Å². The number of benzene rings is 1. The maximum atomic E-state index is 5.70. The van der Waals surface area contributed by atoms with Crippen LogP contribution < -0.4 is 10.5 Å². The molecule has 1 aliphatic heterocycles. The minimum Gasteiger partial charge on any atom is -0.492 e. The van der Waals surface area contributed by atoms with E-state index < -0.39 is 0 Å². The number of nitrogen functional groups attached to an aromatic ring is 1. The lowest BCUT2D eigenvalue weighted by atomic mass is 10.2. The fraction of sp³-hybridized carbons (Fsp3) is 0.571. The van der Waals surface area contributed by atoms with Gasteiger partial charge in [0.2, 0.25) is 0 Å². The molecule has 0 radical (unpaired) electrons. The van der Waals surface area contributed by atoms with Gasteiger partial charge in [-0.15, -0.1) is 0 Å². The fourth-order valence-electron chi connectivity index (χ4n) is 2.13. The third kappa shape index (κ3) is 3.89. The van der Waals surface area contributed by atoms with Crippen molar-refractivity contribution in [3.8, 4) is 5.75 Å². The highest BCUT2D eigenvalue weighted by atomic mass is 16.5. The van der Waals surface area contributed by atoms with Gasteiger partial charge < -0.3 is 15.2 Å². The summed E-state index contributed by atoms with van der Waals surface area (Å²) in [5, 5.41) is 0. The molecule has 100 valence electrons. The standard InChI is InChI=1S/C14H22N2O2/c1-2-13-11-16(6-8-17-13)7-9-18-14-5-3-4-12(15)10-14/h3-5,10,13H,2,6-9,11,15H2,1H3. The van der Waals surface area contributed by atoms with Gasteiger partial charge in [0, 0.05) is 31.4 Å². The van der Waals surface area contributed by atoms with Gasteiger partial charge in [-0.25, -0.2) is 0 Å². The molecule has 0 saturated carbocycles. The second-order valence-electron chi connectivity index (χ2n) is 4.62. The summed E-state index contributed by atoms with van der Waals surface area (Å²) >= 11 is 0. The van der Waals surface area contributed by atoms with Gasteiger partial charge in [-0.2, -0.15) is 0 Å². The van der Waals surface area contributed by atoms with Crippen LogP contribution in [0.1, 0.15) is 13.3 Å². The van der Waals surface area contributed by atoms with Gasteiger partial charge >= 0.3 is 0 Å². The molecule has 1 atom stereocenters. The van der Waals surface area contributed by atoms with Crippen molar-refractivity contribution in [1.29, 1.82) is 0 Å². The zero-order valence-corrected chi connectivity index (χ0v) is 11.0. The second-order valence-corrected chi connectivity index (χ2v) is 4.62. The minimum atomic E-state index is 0.381. The van der Waals surface area contributed by atoms with E-state index >= 15 is 0 Å². The first-order valence-corrected chi connectivity index (χ1v) is 6.60. The number of rotatable bonds is 5. The molecule has 0 aromatic heterocycles. The van der Waals surface area contributed by atoms with E-state index in [1.54, 1.807) is 0 Å². The summed E-state index contributed by atoms with van der Waals surface area (Å²) in [5.74, 6) is 0.843. The monoisotopic (exact) mass is 250 g/mol. The van der Waals surface area contributed by atoms with Gasteiger partial charge in [0.05, 0.1) is 12.7 Å². The molecule has 1 fully saturated rings. The van der Waals surface area contributed by atoms with Crippen LogP contribution in [0.4, 0.5) is 5.69 Å². The molecule has 0 bridgehead atoms. The van der Waals surface area contributed by atoms with E-state index in [9.17, 15) is 0 Å². The van der Waals surface area contributed by atoms with Crippen LogP contribution in [0, 0.1) is 0 Å². The van der Waals surface area contributed by atoms with Crippen molar-refractivity contribution in [3.05, 3.63) is 24.3 Å². The van der Waals surface area contributed by atoms with Crippen LogP contribution >= 0.6 is 0 Å². The zero-order valence-electron chi connectivity index (χ0n) is 11.0. The largest absolute Gasteiger partial charge is 0.492 e. The van der Waals surface area contributed by atoms with E-state index in [0.717, 1.165) is 44.1 Å². The summed E-state index contributed by atoms with van der Waals surface area (Å²) in [6, 6.07) is 7.56. The Kier molecular flexibility index (Phi) is 4.84. The number of ether oxygens (including phenoxy) is 2. The predicted octanol–water partition coefficient (Wildman–Crippen LogP) is 1.76. The SMILES string of the molecule is CCC1CN(CCOc2cccc(N)c2)CCO1. The van der Waals surface area contributed by atoms with Crippen molar-refractivity contribution in [2.75, 3.05) is 38.6 Å². The van der Waals surface area contributed by atoms with Crippen molar-refractivity contribution in [2.45, 2.75) is 19.4 Å². The molecule has 4 nitrogen and oxygen atoms in total. The summed E-state index contributed by atoms with van der Waals surface area (Å²) in [6.07, 6.45) is 1.46. The highest BCUT2D eigenvalue weighted by molar-refractivity contribution is 5.43. The van der Waals surface area contributed by atoms with Crippen molar-refractivity contribution in [1.82, 2.24) is 4.90 Å². The van der Waals surface area contributed by atoms with Crippen molar-refractivity contribution in [3.63, 3.8) is 0 Å². The van der Waals surface area contributed by atoms with E-state index in [4.69, 9.17) is 15.2 Å². The Morgan fingerprint density at radius 3 is 3.17 bits per heavy atom. The number of nitrogens with two attached hydrogens (primary N) is 1. The Morgan fingerprint density at radius 2 is 2.39 bits per heavy atom. The molecule has 1 aromatic rings. The van der Waals surface area contributed by atoms with Gasteiger partial charge in [0.15, 0.2) is 0 Å². The minimum absolute atomic E-state index is 0.381. The highest BCUT2D eigenvalue weighted by Gasteiger charge is 2.18. The quantitative estimate of drug-likeness (QED) is 0.809.